The highest BCUT2D eigenvalue weighted by molar-refractivity contribution is 4.77. The quantitative estimate of drug-likeness (QED) is 0.794. The molecule has 16 heavy (non-hydrogen) atoms. The lowest BCUT2D eigenvalue weighted by Gasteiger charge is -2.32. The van der Waals surface area contributed by atoms with Gasteiger partial charge >= 0.3 is 6.18 Å². The number of alkyl halides is 3. The lowest BCUT2D eigenvalue weighted by atomic mass is 10.1. The standard InChI is InChI=1S/C11H21F3N2/c1-3-10-5-7-16(8-11(12,13)14)6-4-9(2)15-10/h9-10,15H,3-8H2,1-2H3. The Morgan fingerprint density at radius 2 is 1.88 bits per heavy atom. The van der Waals surface area contributed by atoms with Crippen molar-refractivity contribution in [2.24, 2.45) is 0 Å². The Labute approximate surface area is 95.2 Å². The van der Waals surface area contributed by atoms with Gasteiger partial charge in [0.15, 0.2) is 0 Å². The van der Waals surface area contributed by atoms with Gasteiger partial charge in [-0.2, -0.15) is 13.2 Å². The van der Waals surface area contributed by atoms with Gasteiger partial charge in [0.2, 0.25) is 0 Å². The molecule has 1 aliphatic rings. The Balaban J connectivity index is 2.47. The summed E-state index contributed by atoms with van der Waals surface area (Å²) in [6.07, 6.45) is -1.51. The first-order valence-corrected chi connectivity index (χ1v) is 5.96. The van der Waals surface area contributed by atoms with Crippen LogP contribution in [0.1, 0.15) is 33.1 Å². The van der Waals surface area contributed by atoms with Gasteiger partial charge in [0, 0.05) is 12.1 Å². The average molecular weight is 238 g/mol. The topological polar surface area (TPSA) is 15.3 Å². The van der Waals surface area contributed by atoms with Gasteiger partial charge in [0.05, 0.1) is 6.54 Å². The van der Waals surface area contributed by atoms with Gasteiger partial charge in [-0.25, -0.2) is 0 Å². The van der Waals surface area contributed by atoms with Crippen LogP contribution in [0.15, 0.2) is 0 Å². The second-order valence-corrected chi connectivity index (χ2v) is 4.64. The number of nitrogens with zero attached hydrogens (tertiary/aromatic N) is 1. The molecule has 0 aromatic rings. The van der Waals surface area contributed by atoms with Crippen LogP contribution in [0.5, 0.6) is 0 Å². The maximum atomic E-state index is 12.3. The first kappa shape index (κ1) is 13.8. The van der Waals surface area contributed by atoms with Gasteiger partial charge in [-0.1, -0.05) is 6.92 Å². The van der Waals surface area contributed by atoms with E-state index >= 15 is 0 Å². The van der Waals surface area contributed by atoms with Gasteiger partial charge in [0.25, 0.3) is 0 Å². The van der Waals surface area contributed by atoms with Gasteiger partial charge in [0.1, 0.15) is 0 Å². The molecule has 0 aromatic carbocycles. The van der Waals surface area contributed by atoms with Crippen molar-refractivity contribution in [1.29, 1.82) is 0 Å². The van der Waals surface area contributed by atoms with Crippen LogP contribution in [-0.4, -0.2) is 42.8 Å². The van der Waals surface area contributed by atoms with E-state index in [-0.39, 0.29) is 0 Å². The van der Waals surface area contributed by atoms with E-state index < -0.39 is 12.7 Å². The van der Waals surface area contributed by atoms with E-state index in [1.807, 2.05) is 6.92 Å². The van der Waals surface area contributed by atoms with Crippen LogP contribution in [-0.2, 0) is 0 Å². The zero-order valence-electron chi connectivity index (χ0n) is 9.98. The third kappa shape index (κ3) is 5.16. The largest absolute Gasteiger partial charge is 0.401 e. The van der Waals surface area contributed by atoms with Crippen LogP contribution >= 0.6 is 0 Å². The third-order valence-electron chi connectivity index (χ3n) is 3.09. The van der Waals surface area contributed by atoms with E-state index in [4.69, 9.17) is 0 Å². The molecule has 5 heteroatoms. The molecular weight excluding hydrogens is 217 g/mol. The highest BCUT2D eigenvalue weighted by Gasteiger charge is 2.31. The zero-order chi connectivity index (χ0) is 12.2. The number of halogens is 3. The molecule has 1 saturated heterocycles. The molecular formula is C11H21F3N2. The monoisotopic (exact) mass is 238 g/mol. The van der Waals surface area contributed by atoms with E-state index in [0.717, 1.165) is 19.3 Å². The van der Waals surface area contributed by atoms with Crippen molar-refractivity contribution in [1.82, 2.24) is 10.2 Å². The molecule has 96 valence electrons. The summed E-state index contributed by atoms with van der Waals surface area (Å²) >= 11 is 0. The van der Waals surface area contributed by atoms with Gasteiger partial charge < -0.3 is 5.32 Å². The van der Waals surface area contributed by atoms with E-state index in [1.165, 1.54) is 4.90 Å². The summed E-state index contributed by atoms with van der Waals surface area (Å²) < 4.78 is 36.9. The molecule has 0 radical (unpaired) electrons. The van der Waals surface area contributed by atoms with Crippen molar-refractivity contribution in [3.8, 4) is 0 Å². The molecule has 0 saturated carbocycles. The minimum atomic E-state index is -4.07. The minimum Gasteiger partial charge on any atom is -0.311 e. The number of rotatable bonds is 2. The van der Waals surface area contributed by atoms with E-state index in [9.17, 15) is 13.2 Å². The summed E-state index contributed by atoms with van der Waals surface area (Å²) in [6.45, 7) is 4.41. The summed E-state index contributed by atoms with van der Waals surface area (Å²) in [6, 6.07) is 0.659. The summed E-state index contributed by atoms with van der Waals surface area (Å²) in [5, 5.41) is 3.44. The van der Waals surface area contributed by atoms with Crippen molar-refractivity contribution >= 4 is 0 Å². The van der Waals surface area contributed by atoms with Crippen molar-refractivity contribution in [3.63, 3.8) is 0 Å². The minimum absolute atomic E-state index is 0.306. The Bertz CT molecular complexity index is 206. The van der Waals surface area contributed by atoms with E-state index in [0.29, 0.717) is 25.2 Å². The van der Waals surface area contributed by atoms with Crippen LogP contribution in [0.4, 0.5) is 13.2 Å². The molecule has 2 unspecified atom stereocenters. The molecule has 0 bridgehead atoms. The molecule has 1 N–H and O–H groups in total. The van der Waals surface area contributed by atoms with Gasteiger partial charge in [-0.15, -0.1) is 0 Å². The SMILES string of the molecule is CCC1CCN(CC(F)(F)F)CCC(C)N1. The third-order valence-corrected chi connectivity index (χ3v) is 3.09. The first-order chi connectivity index (χ1) is 7.40. The fraction of sp³-hybridized carbons (Fsp3) is 1.00. The van der Waals surface area contributed by atoms with Crippen LogP contribution in [0.3, 0.4) is 0 Å². The van der Waals surface area contributed by atoms with Crippen LogP contribution < -0.4 is 5.32 Å². The average Bonchev–Trinajstić information content (AvgIpc) is 2.15. The highest BCUT2D eigenvalue weighted by atomic mass is 19.4. The number of nitrogens with one attached hydrogen (secondary N) is 1. The molecule has 1 fully saturated rings. The Morgan fingerprint density at radius 3 is 2.44 bits per heavy atom. The van der Waals surface area contributed by atoms with Crippen molar-refractivity contribution < 1.29 is 13.2 Å². The lowest BCUT2D eigenvalue weighted by molar-refractivity contribution is -0.146. The van der Waals surface area contributed by atoms with E-state index in [1.54, 1.807) is 0 Å². The Kier molecular flexibility index (Phi) is 5.05. The van der Waals surface area contributed by atoms with Crippen molar-refractivity contribution in [3.05, 3.63) is 0 Å². The molecule has 1 rings (SSSR count). The maximum Gasteiger partial charge on any atom is 0.401 e. The highest BCUT2D eigenvalue weighted by Crippen LogP contribution is 2.18. The summed E-state index contributed by atoms with van der Waals surface area (Å²) in [5.41, 5.74) is 0. The summed E-state index contributed by atoms with van der Waals surface area (Å²) in [5.74, 6) is 0. The van der Waals surface area contributed by atoms with Crippen LogP contribution in [0, 0.1) is 0 Å². The fourth-order valence-corrected chi connectivity index (χ4v) is 2.13. The molecule has 0 aliphatic carbocycles. The molecule has 0 spiro atoms. The summed E-state index contributed by atoms with van der Waals surface area (Å²) in [4.78, 5) is 1.53. The Morgan fingerprint density at radius 1 is 1.25 bits per heavy atom. The predicted octanol–water partition coefficient (Wildman–Crippen LogP) is 2.40. The first-order valence-electron chi connectivity index (χ1n) is 5.96. The van der Waals surface area contributed by atoms with Gasteiger partial charge in [-0.05, 0) is 39.3 Å². The van der Waals surface area contributed by atoms with Crippen molar-refractivity contribution in [2.75, 3.05) is 19.6 Å². The molecule has 0 aromatic heterocycles. The molecule has 0 amide bonds. The molecule has 1 heterocycles. The molecule has 2 nitrogen and oxygen atoms in total. The van der Waals surface area contributed by atoms with Crippen LogP contribution in [0.2, 0.25) is 0 Å². The predicted molar refractivity (Wildman–Crippen MR) is 58.4 cm³/mol. The molecule has 1 aliphatic heterocycles. The molecule has 2 atom stereocenters. The number of hydrogen-bond donors (Lipinski definition) is 1. The second-order valence-electron chi connectivity index (χ2n) is 4.64. The summed E-state index contributed by atoms with van der Waals surface area (Å²) in [7, 11) is 0. The fourth-order valence-electron chi connectivity index (χ4n) is 2.13. The smallest absolute Gasteiger partial charge is 0.311 e. The maximum absolute atomic E-state index is 12.3. The van der Waals surface area contributed by atoms with E-state index in [2.05, 4.69) is 12.2 Å². The van der Waals surface area contributed by atoms with Gasteiger partial charge in [-0.3, -0.25) is 4.90 Å². The van der Waals surface area contributed by atoms with Crippen LogP contribution in [0.25, 0.3) is 0 Å². The second kappa shape index (κ2) is 5.87. The van der Waals surface area contributed by atoms with Crippen molar-refractivity contribution in [2.45, 2.75) is 51.4 Å². The normalized spacial score (nSPS) is 29.8. The Hall–Kier alpha value is -0.290. The lowest BCUT2D eigenvalue weighted by Crippen LogP contribution is -2.46. The number of hydrogen-bond acceptors (Lipinski definition) is 2. The zero-order valence-corrected chi connectivity index (χ0v) is 9.98.